The van der Waals surface area contributed by atoms with Crippen LogP contribution in [0.3, 0.4) is 0 Å². The van der Waals surface area contributed by atoms with Gasteiger partial charge in [0.1, 0.15) is 12.3 Å². The van der Waals surface area contributed by atoms with Crippen LogP contribution in [0.2, 0.25) is 0 Å². The number of benzene rings is 1. The Labute approximate surface area is 153 Å². The Kier molecular flexibility index (Phi) is 5.53. The number of aryl methyl sites for hydroxylation is 1. The summed E-state index contributed by atoms with van der Waals surface area (Å²) in [6.07, 6.45) is 1.39. The first-order valence-electron chi connectivity index (χ1n) is 8.25. The van der Waals surface area contributed by atoms with Gasteiger partial charge in [-0.15, -0.1) is 0 Å². The van der Waals surface area contributed by atoms with Gasteiger partial charge in [-0.2, -0.15) is 5.26 Å². The number of hydrogen-bond donors (Lipinski definition) is 3. The summed E-state index contributed by atoms with van der Waals surface area (Å²) in [5, 5.41) is 26.0. The number of phenols is 1. The first-order chi connectivity index (χ1) is 11.6. The number of nitrogens with one attached hydrogen (secondary N) is 2. The molecule has 134 valence electrons. The van der Waals surface area contributed by atoms with E-state index in [0.29, 0.717) is 29.3 Å². The quantitative estimate of drug-likeness (QED) is 0.427. The standard InChI is InChI=1S/C18H24N4O2S/c1-11-5-6-12-9-13(20-17(25)21-18(2,3)4)15(23)10-14(12)22(8-7-19)16(11)24/h9-11,23H,5-6,8H2,1-4H3,(H2,20,21,25). The summed E-state index contributed by atoms with van der Waals surface area (Å²) in [7, 11) is 0. The van der Waals surface area contributed by atoms with Gasteiger partial charge in [-0.1, -0.05) is 6.92 Å². The molecular formula is C18H24N4O2S. The molecule has 1 aromatic carbocycles. The fraction of sp³-hybridized carbons (Fsp3) is 0.500. The minimum absolute atomic E-state index is 0.0119. The van der Waals surface area contributed by atoms with Gasteiger partial charge in [-0.25, -0.2) is 0 Å². The number of hydrogen-bond acceptors (Lipinski definition) is 4. The number of nitriles is 1. The molecule has 2 rings (SSSR count). The van der Waals surface area contributed by atoms with Crippen LogP contribution in [-0.2, 0) is 11.2 Å². The maximum Gasteiger partial charge on any atom is 0.230 e. The third kappa shape index (κ3) is 4.60. The van der Waals surface area contributed by atoms with Crippen molar-refractivity contribution in [1.29, 1.82) is 5.26 Å². The van der Waals surface area contributed by atoms with E-state index in [2.05, 4.69) is 10.6 Å². The first kappa shape index (κ1) is 19.0. The Hall–Kier alpha value is -2.33. The molecule has 6 nitrogen and oxygen atoms in total. The third-order valence-corrected chi connectivity index (χ3v) is 4.19. The van der Waals surface area contributed by atoms with E-state index in [0.717, 1.165) is 5.56 Å². The van der Waals surface area contributed by atoms with Crippen molar-refractivity contribution in [1.82, 2.24) is 5.32 Å². The normalized spacial score (nSPS) is 17.3. The predicted molar refractivity (Wildman–Crippen MR) is 103 cm³/mol. The van der Waals surface area contributed by atoms with Crippen molar-refractivity contribution < 1.29 is 9.90 Å². The number of fused-ring (bicyclic) bond motifs is 1. The smallest absolute Gasteiger partial charge is 0.230 e. The number of aromatic hydroxyl groups is 1. The van der Waals surface area contributed by atoms with Crippen LogP contribution >= 0.6 is 12.2 Å². The van der Waals surface area contributed by atoms with Crippen LogP contribution < -0.4 is 15.5 Å². The highest BCUT2D eigenvalue weighted by atomic mass is 32.1. The second-order valence-electron chi connectivity index (χ2n) is 7.35. The molecule has 0 fully saturated rings. The molecule has 3 N–H and O–H groups in total. The molecule has 0 spiro atoms. The number of carbonyl (C=O) groups excluding carboxylic acids is 1. The third-order valence-electron chi connectivity index (χ3n) is 3.99. The first-order valence-corrected chi connectivity index (χ1v) is 8.66. The predicted octanol–water partition coefficient (Wildman–Crippen LogP) is 2.92. The van der Waals surface area contributed by atoms with Crippen LogP contribution in [0.25, 0.3) is 0 Å². The second-order valence-corrected chi connectivity index (χ2v) is 7.76. The van der Waals surface area contributed by atoms with E-state index in [1.165, 1.54) is 11.0 Å². The summed E-state index contributed by atoms with van der Waals surface area (Å²) < 4.78 is 0. The Bertz CT molecular complexity index is 734. The lowest BCUT2D eigenvalue weighted by Gasteiger charge is -2.25. The van der Waals surface area contributed by atoms with E-state index in [9.17, 15) is 9.90 Å². The highest BCUT2D eigenvalue weighted by molar-refractivity contribution is 7.80. The van der Waals surface area contributed by atoms with E-state index in [1.54, 1.807) is 6.07 Å². The number of anilines is 2. The SMILES string of the molecule is CC1CCc2cc(NC(=S)NC(C)(C)C)c(O)cc2N(CC#N)C1=O. The Morgan fingerprint density at radius 1 is 1.48 bits per heavy atom. The van der Waals surface area contributed by atoms with Gasteiger partial charge in [0.2, 0.25) is 5.91 Å². The topological polar surface area (TPSA) is 88.4 Å². The number of carbonyl (C=O) groups is 1. The number of thiocarbonyl (C=S) groups is 1. The van der Waals surface area contributed by atoms with E-state index in [-0.39, 0.29) is 29.7 Å². The van der Waals surface area contributed by atoms with Crippen LogP contribution in [0.4, 0.5) is 11.4 Å². The van der Waals surface area contributed by atoms with Gasteiger partial charge in [0.05, 0.1) is 17.4 Å². The minimum atomic E-state index is -0.198. The zero-order valence-electron chi connectivity index (χ0n) is 15.0. The molecule has 0 aliphatic carbocycles. The van der Waals surface area contributed by atoms with Crippen molar-refractivity contribution >= 4 is 34.6 Å². The number of rotatable bonds is 2. The Balaban J connectivity index is 2.36. The molecule has 7 heteroatoms. The molecule has 0 saturated heterocycles. The van der Waals surface area contributed by atoms with E-state index in [1.807, 2.05) is 33.8 Å². The van der Waals surface area contributed by atoms with Crippen molar-refractivity contribution in [2.24, 2.45) is 5.92 Å². The van der Waals surface area contributed by atoms with Gasteiger partial charge < -0.3 is 15.7 Å². The Morgan fingerprint density at radius 3 is 2.76 bits per heavy atom. The maximum atomic E-state index is 12.5. The summed E-state index contributed by atoms with van der Waals surface area (Å²) in [5.41, 5.74) is 1.79. The monoisotopic (exact) mass is 360 g/mol. The van der Waals surface area contributed by atoms with Gasteiger partial charge in [-0.05, 0) is 57.5 Å². The molecule has 0 radical (unpaired) electrons. The van der Waals surface area contributed by atoms with Gasteiger partial charge in [0, 0.05) is 17.5 Å². The summed E-state index contributed by atoms with van der Waals surface area (Å²) >= 11 is 5.29. The molecule has 25 heavy (non-hydrogen) atoms. The van der Waals surface area contributed by atoms with Crippen LogP contribution in [0.1, 0.15) is 39.7 Å². The molecule has 0 aromatic heterocycles. The fourth-order valence-corrected chi connectivity index (χ4v) is 3.20. The lowest BCUT2D eigenvalue weighted by atomic mass is 10.0. The lowest BCUT2D eigenvalue weighted by molar-refractivity contribution is -0.121. The summed E-state index contributed by atoms with van der Waals surface area (Å²) in [5.74, 6) is -0.268. The second kappa shape index (κ2) is 7.28. The molecule has 1 aliphatic rings. The maximum absolute atomic E-state index is 12.5. The molecule has 1 aliphatic heterocycles. The molecular weight excluding hydrogens is 336 g/mol. The van der Waals surface area contributed by atoms with Crippen LogP contribution in [-0.4, -0.2) is 28.2 Å². The average Bonchev–Trinajstić information content (AvgIpc) is 2.59. The molecule has 1 aromatic rings. The van der Waals surface area contributed by atoms with Crippen LogP contribution in [0.5, 0.6) is 5.75 Å². The molecule has 1 heterocycles. The summed E-state index contributed by atoms with van der Waals surface area (Å²) in [6.45, 7) is 7.80. The van der Waals surface area contributed by atoms with Gasteiger partial charge in [-0.3, -0.25) is 9.69 Å². The zero-order valence-corrected chi connectivity index (χ0v) is 15.8. The zero-order chi connectivity index (χ0) is 18.8. The van der Waals surface area contributed by atoms with Crippen molar-refractivity contribution in [2.45, 2.75) is 46.1 Å². The average molecular weight is 360 g/mol. The highest BCUT2D eigenvalue weighted by Gasteiger charge is 2.28. The molecule has 1 amide bonds. The number of phenolic OH excluding ortho intramolecular Hbond substituents is 1. The van der Waals surface area contributed by atoms with Crippen molar-refractivity contribution in [3.05, 3.63) is 17.7 Å². The molecule has 0 saturated carbocycles. The van der Waals surface area contributed by atoms with Crippen LogP contribution in [0.15, 0.2) is 12.1 Å². The molecule has 0 bridgehead atoms. The number of nitrogens with zero attached hydrogens (tertiary/aromatic N) is 2. The van der Waals surface area contributed by atoms with E-state index < -0.39 is 0 Å². The van der Waals surface area contributed by atoms with Crippen molar-refractivity contribution in [2.75, 3.05) is 16.8 Å². The van der Waals surface area contributed by atoms with Gasteiger partial charge in [0.25, 0.3) is 0 Å². The van der Waals surface area contributed by atoms with Crippen molar-refractivity contribution in [3.8, 4) is 11.8 Å². The highest BCUT2D eigenvalue weighted by Crippen LogP contribution is 2.36. The fourth-order valence-electron chi connectivity index (χ4n) is 2.78. The van der Waals surface area contributed by atoms with Crippen molar-refractivity contribution in [3.63, 3.8) is 0 Å². The van der Waals surface area contributed by atoms with E-state index >= 15 is 0 Å². The Morgan fingerprint density at radius 2 is 2.16 bits per heavy atom. The lowest BCUT2D eigenvalue weighted by Crippen LogP contribution is -2.42. The van der Waals surface area contributed by atoms with E-state index in [4.69, 9.17) is 17.5 Å². The summed E-state index contributed by atoms with van der Waals surface area (Å²) in [4.78, 5) is 13.9. The van der Waals surface area contributed by atoms with Gasteiger partial charge in [0.15, 0.2) is 5.11 Å². The summed E-state index contributed by atoms with van der Waals surface area (Å²) in [6, 6.07) is 5.36. The number of amides is 1. The largest absolute Gasteiger partial charge is 0.506 e. The molecule has 1 atom stereocenters. The van der Waals surface area contributed by atoms with Gasteiger partial charge >= 0.3 is 0 Å². The minimum Gasteiger partial charge on any atom is -0.506 e. The molecule has 1 unspecified atom stereocenters. The van der Waals surface area contributed by atoms with Crippen LogP contribution in [0, 0.1) is 17.2 Å².